The zero-order valence-electron chi connectivity index (χ0n) is 11.0. The number of amides is 1. The van der Waals surface area contributed by atoms with Crippen molar-refractivity contribution in [3.05, 3.63) is 58.0 Å². The molecule has 102 valence electrons. The number of aromatic hydroxyl groups is 1. The largest absolute Gasteiger partial charge is 0.507 e. The van der Waals surface area contributed by atoms with Crippen molar-refractivity contribution < 1.29 is 9.90 Å². The third-order valence-electron chi connectivity index (χ3n) is 3.56. The first-order chi connectivity index (χ1) is 9.58. The van der Waals surface area contributed by atoms with E-state index in [4.69, 9.17) is 0 Å². The van der Waals surface area contributed by atoms with Gasteiger partial charge in [0.2, 0.25) is 0 Å². The number of aromatic amines is 1. The molecular weight excluding hydrogens is 256 g/mol. The Kier molecular flexibility index (Phi) is 2.82. The van der Waals surface area contributed by atoms with Gasteiger partial charge >= 0.3 is 0 Å². The van der Waals surface area contributed by atoms with E-state index in [0.717, 1.165) is 23.7 Å². The number of rotatable bonds is 1. The monoisotopic (exact) mass is 270 g/mol. The van der Waals surface area contributed by atoms with Crippen molar-refractivity contribution in [2.75, 3.05) is 4.90 Å². The minimum Gasteiger partial charge on any atom is -0.507 e. The zero-order chi connectivity index (χ0) is 14.3. The smallest absolute Gasteiger partial charge is 0.263 e. The average Bonchev–Trinajstić information content (AvgIpc) is 2.73. The van der Waals surface area contributed by atoms with Gasteiger partial charge in [0.25, 0.3) is 11.5 Å². The Hall–Kier alpha value is -2.56. The van der Waals surface area contributed by atoms with Crippen LogP contribution >= 0.6 is 0 Å². The fourth-order valence-electron chi connectivity index (χ4n) is 2.64. The normalized spacial score (nSPS) is 17.1. The van der Waals surface area contributed by atoms with Gasteiger partial charge in [0.1, 0.15) is 5.75 Å². The molecule has 5 heteroatoms. The molecule has 1 atom stereocenters. The lowest BCUT2D eigenvalue weighted by molar-refractivity contribution is 0.0978. The van der Waals surface area contributed by atoms with Crippen molar-refractivity contribution in [2.24, 2.45) is 0 Å². The number of hydrogen-bond donors (Lipinski definition) is 2. The number of fused-ring (bicyclic) bond motifs is 1. The van der Waals surface area contributed by atoms with E-state index in [9.17, 15) is 14.7 Å². The molecule has 0 spiro atoms. The predicted molar refractivity (Wildman–Crippen MR) is 75.1 cm³/mol. The maximum atomic E-state index is 12.6. The highest BCUT2D eigenvalue weighted by atomic mass is 16.3. The molecular formula is C15H14N2O3. The van der Waals surface area contributed by atoms with Crippen LogP contribution in [0.5, 0.6) is 5.75 Å². The third kappa shape index (κ3) is 1.87. The standard InChI is InChI=1S/C15H14N2O3/c1-9-6-10-4-2-3-5-12(10)17(9)15(20)11-8-16-14(19)7-13(11)18/h2-5,7-9H,6H2,1H3,(H2,16,18,19). The fraction of sp³-hybridized carbons (Fsp3) is 0.200. The summed E-state index contributed by atoms with van der Waals surface area (Å²) in [6.45, 7) is 1.96. The maximum Gasteiger partial charge on any atom is 0.263 e. The minimum absolute atomic E-state index is 0.0197. The van der Waals surface area contributed by atoms with Crippen molar-refractivity contribution in [1.82, 2.24) is 4.98 Å². The van der Waals surface area contributed by atoms with Crippen LogP contribution in [-0.2, 0) is 6.42 Å². The molecule has 3 rings (SSSR count). The number of benzene rings is 1. The van der Waals surface area contributed by atoms with Gasteiger partial charge in [0.15, 0.2) is 0 Å². The second-order valence-corrected chi connectivity index (χ2v) is 4.95. The number of aromatic nitrogens is 1. The molecule has 1 amide bonds. The van der Waals surface area contributed by atoms with Crippen LogP contribution in [0.1, 0.15) is 22.8 Å². The van der Waals surface area contributed by atoms with Crippen LogP contribution in [0.4, 0.5) is 5.69 Å². The molecule has 1 aromatic carbocycles. The summed E-state index contributed by atoms with van der Waals surface area (Å²) in [7, 11) is 0. The van der Waals surface area contributed by atoms with Crippen molar-refractivity contribution in [2.45, 2.75) is 19.4 Å². The number of pyridine rings is 1. The lowest BCUT2D eigenvalue weighted by Crippen LogP contribution is -2.36. The van der Waals surface area contributed by atoms with E-state index >= 15 is 0 Å². The van der Waals surface area contributed by atoms with E-state index < -0.39 is 5.56 Å². The summed E-state index contributed by atoms with van der Waals surface area (Å²) in [5.41, 5.74) is 1.63. The van der Waals surface area contributed by atoms with Gasteiger partial charge in [-0.2, -0.15) is 0 Å². The molecule has 0 aliphatic carbocycles. The fourth-order valence-corrected chi connectivity index (χ4v) is 2.64. The molecule has 0 fully saturated rings. The van der Waals surface area contributed by atoms with Crippen LogP contribution in [-0.4, -0.2) is 22.0 Å². The SMILES string of the molecule is CC1Cc2ccccc2N1C(=O)c1c[nH]c(=O)cc1O. The molecule has 0 saturated carbocycles. The van der Waals surface area contributed by atoms with Gasteiger partial charge in [-0.3, -0.25) is 9.59 Å². The Bertz CT molecular complexity index is 736. The van der Waals surface area contributed by atoms with Gasteiger partial charge in [-0.1, -0.05) is 18.2 Å². The second-order valence-electron chi connectivity index (χ2n) is 4.95. The number of H-pyrrole nitrogens is 1. The number of nitrogens with zero attached hydrogens (tertiary/aromatic N) is 1. The van der Waals surface area contributed by atoms with Crippen LogP contribution < -0.4 is 10.5 Å². The number of carbonyl (C=O) groups is 1. The molecule has 2 heterocycles. The lowest BCUT2D eigenvalue weighted by Gasteiger charge is -2.23. The van der Waals surface area contributed by atoms with E-state index in [-0.39, 0.29) is 23.3 Å². The lowest BCUT2D eigenvalue weighted by atomic mass is 10.1. The molecule has 2 aromatic rings. The predicted octanol–water partition coefficient (Wildman–Crippen LogP) is 1.67. The summed E-state index contributed by atoms with van der Waals surface area (Å²) < 4.78 is 0. The van der Waals surface area contributed by atoms with Crippen LogP contribution in [0.15, 0.2) is 41.3 Å². The van der Waals surface area contributed by atoms with E-state index in [1.165, 1.54) is 6.20 Å². The third-order valence-corrected chi connectivity index (χ3v) is 3.56. The quantitative estimate of drug-likeness (QED) is 0.828. The molecule has 1 aliphatic rings. The molecule has 0 saturated heterocycles. The van der Waals surface area contributed by atoms with Crippen molar-refractivity contribution in [3.8, 4) is 5.75 Å². The summed E-state index contributed by atoms with van der Waals surface area (Å²) in [6.07, 6.45) is 2.04. The van der Waals surface area contributed by atoms with Crippen molar-refractivity contribution in [1.29, 1.82) is 0 Å². The van der Waals surface area contributed by atoms with Crippen LogP contribution in [0.3, 0.4) is 0 Å². The minimum atomic E-state index is -0.436. The van der Waals surface area contributed by atoms with E-state index in [2.05, 4.69) is 4.98 Å². The number of hydrogen-bond acceptors (Lipinski definition) is 3. The summed E-state index contributed by atoms with van der Waals surface area (Å²) >= 11 is 0. The molecule has 0 bridgehead atoms. The van der Waals surface area contributed by atoms with Crippen LogP contribution in [0, 0.1) is 0 Å². The first kappa shape index (κ1) is 12.5. The van der Waals surface area contributed by atoms with Crippen molar-refractivity contribution in [3.63, 3.8) is 0 Å². The molecule has 1 unspecified atom stereocenters. The molecule has 20 heavy (non-hydrogen) atoms. The molecule has 5 nitrogen and oxygen atoms in total. The number of carbonyl (C=O) groups excluding carboxylic acids is 1. The van der Waals surface area contributed by atoms with Crippen LogP contribution in [0.2, 0.25) is 0 Å². The highest BCUT2D eigenvalue weighted by Gasteiger charge is 2.32. The van der Waals surface area contributed by atoms with E-state index in [0.29, 0.717) is 0 Å². The first-order valence-electron chi connectivity index (χ1n) is 6.41. The molecule has 1 aliphatic heterocycles. The van der Waals surface area contributed by atoms with Gasteiger partial charge in [-0.25, -0.2) is 0 Å². The molecule has 0 radical (unpaired) electrons. The summed E-state index contributed by atoms with van der Waals surface area (Å²) in [6, 6.07) is 8.73. The average molecular weight is 270 g/mol. The second kappa shape index (κ2) is 4.52. The Balaban J connectivity index is 2.05. The Morgan fingerprint density at radius 2 is 2.15 bits per heavy atom. The Morgan fingerprint density at radius 3 is 2.90 bits per heavy atom. The van der Waals surface area contributed by atoms with Gasteiger partial charge in [-0.15, -0.1) is 0 Å². The zero-order valence-corrected chi connectivity index (χ0v) is 11.0. The van der Waals surface area contributed by atoms with E-state index in [1.54, 1.807) is 4.90 Å². The summed E-state index contributed by atoms with van der Waals surface area (Å²) in [5.74, 6) is -0.605. The van der Waals surface area contributed by atoms with Gasteiger partial charge < -0.3 is 15.0 Å². The number of nitrogens with one attached hydrogen (secondary N) is 1. The van der Waals surface area contributed by atoms with Gasteiger partial charge in [0, 0.05) is 24.0 Å². The summed E-state index contributed by atoms with van der Waals surface area (Å²) in [5, 5.41) is 9.79. The topological polar surface area (TPSA) is 73.4 Å². The Labute approximate surface area is 115 Å². The molecule has 1 aromatic heterocycles. The highest BCUT2D eigenvalue weighted by Crippen LogP contribution is 2.33. The number of anilines is 1. The van der Waals surface area contributed by atoms with Gasteiger partial charge in [-0.05, 0) is 25.0 Å². The summed E-state index contributed by atoms with van der Waals surface area (Å²) in [4.78, 5) is 27.8. The van der Waals surface area contributed by atoms with Crippen molar-refractivity contribution >= 4 is 11.6 Å². The molecule has 2 N–H and O–H groups in total. The Morgan fingerprint density at radius 1 is 1.40 bits per heavy atom. The number of para-hydroxylation sites is 1. The maximum absolute atomic E-state index is 12.6. The first-order valence-corrected chi connectivity index (χ1v) is 6.41. The van der Waals surface area contributed by atoms with E-state index in [1.807, 2.05) is 31.2 Å². The highest BCUT2D eigenvalue weighted by molar-refractivity contribution is 6.09. The van der Waals surface area contributed by atoms with Gasteiger partial charge in [0.05, 0.1) is 5.56 Å². The van der Waals surface area contributed by atoms with Crippen LogP contribution in [0.25, 0.3) is 0 Å².